The average molecular weight is 335 g/mol. The van der Waals surface area contributed by atoms with E-state index in [1.807, 2.05) is 11.0 Å². The Kier molecular flexibility index (Phi) is 4.94. The van der Waals surface area contributed by atoms with Crippen LogP contribution in [0.1, 0.15) is 41.6 Å². The number of amides is 1. The molecule has 1 aliphatic rings. The number of nitrogens with one attached hydrogen (secondary N) is 1. The van der Waals surface area contributed by atoms with Crippen molar-refractivity contribution >= 4 is 17.4 Å². The summed E-state index contributed by atoms with van der Waals surface area (Å²) < 4.78 is 0. The fraction of sp³-hybridized carbons (Fsp3) is 0.368. The lowest BCUT2D eigenvalue weighted by Gasteiger charge is -2.30. The summed E-state index contributed by atoms with van der Waals surface area (Å²) in [6.07, 6.45) is 2.19. The second kappa shape index (κ2) is 7.31. The van der Waals surface area contributed by atoms with Gasteiger partial charge in [-0.25, -0.2) is 9.97 Å². The van der Waals surface area contributed by atoms with Crippen molar-refractivity contribution in [2.24, 2.45) is 5.92 Å². The number of anilines is 2. The molecule has 2 heterocycles. The summed E-state index contributed by atoms with van der Waals surface area (Å²) in [6.45, 7) is 5.49. The highest BCUT2D eigenvalue weighted by molar-refractivity contribution is 5.93. The molecule has 0 radical (unpaired) electrons. The van der Waals surface area contributed by atoms with E-state index in [1.165, 1.54) is 0 Å². The van der Waals surface area contributed by atoms with E-state index in [1.54, 1.807) is 31.2 Å². The number of hydrogen-bond acceptors (Lipinski definition) is 5. The molecule has 0 bridgehead atoms. The lowest BCUT2D eigenvalue weighted by atomic mass is 10.00. The minimum absolute atomic E-state index is 0.0501. The predicted molar refractivity (Wildman–Crippen MR) is 95.5 cm³/mol. The normalized spacial score (nSPS) is 17.0. The molecule has 1 aromatic heterocycles. The molecule has 1 aliphatic heterocycles. The van der Waals surface area contributed by atoms with Gasteiger partial charge in [0.25, 0.3) is 5.91 Å². The highest BCUT2D eigenvalue weighted by Crippen LogP contribution is 2.20. The first-order valence-electron chi connectivity index (χ1n) is 8.47. The molecule has 6 nitrogen and oxygen atoms in total. The zero-order valence-corrected chi connectivity index (χ0v) is 14.5. The van der Waals surface area contributed by atoms with E-state index in [4.69, 9.17) is 5.26 Å². The third-order valence-electron chi connectivity index (χ3n) is 4.27. The monoisotopic (exact) mass is 335 g/mol. The molecule has 128 valence electrons. The summed E-state index contributed by atoms with van der Waals surface area (Å²) in [7, 11) is 0. The molecular weight excluding hydrogens is 314 g/mol. The maximum Gasteiger partial charge on any atom is 0.272 e. The van der Waals surface area contributed by atoms with Crippen LogP contribution in [0.2, 0.25) is 0 Å². The van der Waals surface area contributed by atoms with Crippen molar-refractivity contribution in [3.8, 4) is 6.07 Å². The number of piperidine rings is 1. The first-order valence-corrected chi connectivity index (χ1v) is 8.47. The smallest absolute Gasteiger partial charge is 0.272 e. The number of aromatic nitrogens is 2. The molecule has 1 aromatic carbocycles. The second-order valence-corrected chi connectivity index (χ2v) is 6.50. The summed E-state index contributed by atoms with van der Waals surface area (Å²) in [5.41, 5.74) is 1.72. The molecule has 25 heavy (non-hydrogen) atoms. The van der Waals surface area contributed by atoms with Crippen molar-refractivity contribution in [1.82, 2.24) is 14.9 Å². The van der Waals surface area contributed by atoms with Gasteiger partial charge in [-0.2, -0.15) is 5.26 Å². The first kappa shape index (κ1) is 16.9. The molecule has 1 N–H and O–H groups in total. The summed E-state index contributed by atoms with van der Waals surface area (Å²) in [5.74, 6) is 1.56. The number of nitrogens with zero attached hydrogens (tertiary/aromatic N) is 4. The van der Waals surface area contributed by atoms with Gasteiger partial charge in [0.05, 0.1) is 11.6 Å². The third-order valence-corrected chi connectivity index (χ3v) is 4.27. The zero-order chi connectivity index (χ0) is 17.8. The fourth-order valence-corrected chi connectivity index (χ4v) is 3.09. The molecule has 1 atom stereocenters. The molecule has 0 aliphatic carbocycles. The number of carbonyl (C=O) groups is 1. The highest BCUT2D eigenvalue weighted by atomic mass is 16.2. The van der Waals surface area contributed by atoms with Gasteiger partial charge in [0, 0.05) is 24.8 Å². The molecule has 1 saturated heterocycles. The lowest BCUT2D eigenvalue weighted by molar-refractivity contribution is 0.0676. The van der Waals surface area contributed by atoms with E-state index >= 15 is 0 Å². The third kappa shape index (κ3) is 4.13. The Hall–Kier alpha value is -2.94. The number of hydrogen-bond donors (Lipinski definition) is 1. The molecule has 1 fully saturated rings. The molecule has 0 spiro atoms. The quantitative estimate of drug-likeness (QED) is 0.931. The summed E-state index contributed by atoms with van der Waals surface area (Å²) >= 11 is 0. The van der Waals surface area contributed by atoms with Crippen LogP contribution in [0.3, 0.4) is 0 Å². The van der Waals surface area contributed by atoms with Gasteiger partial charge in [0.15, 0.2) is 0 Å². The van der Waals surface area contributed by atoms with Crippen LogP contribution < -0.4 is 5.32 Å². The SMILES string of the molecule is Cc1nc(Nc2cccc(C#N)c2)cc(C(=O)N2CCCC(C)C2)n1. The zero-order valence-electron chi connectivity index (χ0n) is 14.5. The minimum Gasteiger partial charge on any atom is -0.340 e. The summed E-state index contributed by atoms with van der Waals surface area (Å²) in [4.78, 5) is 23.3. The lowest BCUT2D eigenvalue weighted by Crippen LogP contribution is -2.39. The van der Waals surface area contributed by atoms with E-state index in [0.717, 1.165) is 31.6 Å². The molecule has 1 unspecified atom stereocenters. The van der Waals surface area contributed by atoms with Crippen molar-refractivity contribution < 1.29 is 4.79 Å². The van der Waals surface area contributed by atoms with Crippen molar-refractivity contribution in [2.45, 2.75) is 26.7 Å². The largest absolute Gasteiger partial charge is 0.340 e. The number of rotatable bonds is 3. The highest BCUT2D eigenvalue weighted by Gasteiger charge is 2.23. The van der Waals surface area contributed by atoms with Crippen LogP contribution >= 0.6 is 0 Å². The Morgan fingerprint density at radius 3 is 2.96 bits per heavy atom. The summed E-state index contributed by atoms with van der Waals surface area (Å²) in [6, 6.07) is 10.9. The Balaban J connectivity index is 1.82. The average Bonchev–Trinajstić information content (AvgIpc) is 2.60. The maximum atomic E-state index is 12.8. The number of aryl methyl sites for hydroxylation is 1. The predicted octanol–water partition coefficient (Wildman–Crippen LogP) is 3.27. The molecule has 3 rings (SSSR count). The van der Waals surface area contributed by atoms with Crippen molar-refractivity contribution in [3.05, 3.63) is 47.4 Å². The molecule has 1 amide bonds. The van der Waals surface area contributed by atoms with E-state index in [2.05, 4.69) is 28.3 Å². The number of carbonyl (C=O) groups excluding carboxylic acids is 1. The standard InChI is InChI=1S/C19H21N5O/c1-13-5-4-8-24(12-13)19(25)17-10-18(22-14(2)21-17)23-16-7-3-6-15(9-16)11-20/h3,6-7,9-10,13H,4-5,8,12H2,1-2H3,(H,21,22,23). The van der Waals surface area contributed by atoms with Gasteiger partial charge < -0.3 is 10.2 Å². The fourth-order valence-electron chi connectivity index (χ4n) is 3.09. The van der Waals surface area contributed by atoms with E-state index in [-0.39, 0.29) is 5.91 Å². The summed E-state index contributed by atoms with van der Waals surface area (Å²) in [5, 5.41) is 12.2. The van der Waals surface area contributed by atoms with Crippen LogP contribution in [0.15, 0.2) is 30.3 Å². The van der Waals surface area contributed by atoms with Crippen molar-refractivity contribution in [3.63, 3.8) is 0 Å². The van der Waals surface area contributed by atoms with Gasteiger partial charge in [-0.1, -0.05) is 13.0 Å². The van der Waals surface area contributed by atoms with Gasteiger partial charge in [-0.3, -0.25) is 4.79 Å². The number of likely N-dealkylation sites (tertiary alicyclic amines) is 1. The van der Waals surface area contributed by atoms with Crippen LogP contribution in [-0.2, 0) is 0 Å². The Bertz CT molecular complexity index is 827. The maximum absolute atomic E-state index is 12.8. The Morgan fingerprint density at radius 2 is 2.20 bits per heavy atom. The van der Waals surface area contributed by atoms with E-state index in [0.29, 0.717) is 28.8 Å². The van der Waals surface area contributed by atoms with Crippen LogP contribution in [0.25, 0.3) is 0 Å². The van der Waals surface area contributed by atoms with E-state index < -0.39 is 0 Å². The van der Waals surface area contributed by atoms with E-state index in [9.17, 15) is 4.79 Å². The molecule has 2 aromatic rings. The Morgan fingerprint density at radius 1 is 1.36 bits per heavy atom. The number of nitriles is 1. The van der Waals surface area contributed by atoms with Gasteiger partial charge in [-0.05, 0) is 43.9 Å². The van der Waals surface area contributed by atoms with Gasteiger partial charge in [-0.15, -0.1) is 0 Å². The van der Waals surface area contributed by atoms with Gasteiger partial charge in [0.1, 0.15) is 17.3 Å². The van der Waals surface area contributed by atoms with Crippen LogP contribution in [0.5, 0.6) is 0 Å². The molecule has 0 saturated carbocycles. The van der Waals surface area contributed by atoms with Crippen LogP contribution in [0, 0.1) is 24.2 Å². The Labute approximate surface area is 147 Å². The van der Waals surface area contributed by atoms with Gasteiger partial charge in [0.2, 0.25) is 0 Å². The van der Waals surface area contributed by atoms with Crippen molar-refractivity contribution in [2.75, 3.05) is 18.4 Å². The number of benzene rings is 1. The minimum atomic E-state index is -0.0501. The topological polar surface area (TPSA) is 81.9 Å². The first-order chi connectivity index (χ1) is 12.0. The second-order valence-electron chi connectivity index (χ2n) is 6.50. The molecular formula is C19H21N5O. The van der Waals surface area contributed by atoms with Crippen LogP contribution in [-0.4, -0.2) is 33.9 Å². The van der Waals surface area contributed by atoms with Crippen LogP contribution in [0.4, 0.5) is 11.5 Å². The van der Waals surface area contributed by atoms with Crippen molar-refractivity contribution in [1.29, 1.82) is 5.26 Å². The van der Waals surface area contributed by atoms with Gasteiger partial charge >= 0.3 is 0 Å². The molecule has 6 heteroatoms.